The summed E-state index contributed by atoms with van der Waals surface area (Å²) in [6.07, 6.45) is -3.80. The number of phenolic OH excluding ortho intramolecular Hbond substituents is 1. The Bertz CT molecular complexity index is 428. The number of phenols is 1. The van der Waals surface area contributed by atoms with Gasteiger partial charge in [-0.1, -0.05) is 12.1 Å². The Morgan fingerprint density at radius 1 is 1.35 bits per heavy atom. The molecule has 17 heavy (non-hydrogen) atoms. The Morgan fingerprint density at radius 3 is 2.65 bits per heavy atom. The van der Waals surface area contributed by atoms with Crippen LogP contribution in [-0.4, -0.2) is 18.4 Å². The third kappa shape index (κ3) is 1.69. The van der Waals surface area contributed by atoms with Gasteiger partial charge < -0.3 is 9.84 Å². The number of rotatable bonds is 1. The van der Waals surface area contributed by atoms with Gasteiger partial charge in [0.1, 0.15) is 5.75 Å². The first-order valence-corrected chi connectivity index (χ1v) is 5.35. The molecule has 0 heterocycles. The van der Waals surface area contributed by atoms with E-state index in [0.29, 0.717) is 18.4 Å². The van der Waals surface area contributed by atoms with Crippen molar-refractivity contribution in [3.8, 4) is 5.75 Å². The van der Waals surface area contributed by atoms with Gasteiger partial charge in [0.15, 0.2) is 5.60 Å². The van der Waals surface area contributed by atoms with Crippen LogP contribution >= 0.6 is 0 Å². The molecule has 0 aromatic heterocycles. The third-order valence-electron chi connectivity index (χ3n) is 3.35. The summed E-state index contributed by atoms with van der Waals surface area (Å²) < 4.78 is 44.4. The minimum Gasteiger partial charge on any atom is -0.508 e. The average molecular weight is 246 g/mol. The number of halogens is 3. The van der Waals surface area contributed by atoms with E-state index in [4.69, 9.17) is 4.74 Å². The standard InChI is InChI=1S/C12H13F3O2/c1-17-11(12(13,14)15)7-3-4-8-9(11)5-2-6-10(8)16/h2,5-6,16H,3-4,7H2,1H3. The normalized spacial score (nSPS) is 24.5. The highest BCUT2D eigenvalue weighted by molar-refractivity contribution is 5.45. The van der Waals surface area contributed by atoms with E-state index in [-0.39, 0.29) is 17.7 Å². The molecule has 0 saturated heterocycles. The van der Waals surface area contributed by atoms with E-state index in [0.717, 1.165) is 7.11 Å². The first-order valence-electron chi connectivity index (χ1n) is 5.35. The van der Waals surface area contributed by atoms with E-state index in [9.17, 15) is 18.3 Å². The first-order chi connectivity index (χ1) is 7.92. The molecule has 2 rings (SSSR count). The largest absolute Gasteiger partial charge is 0.508 e. The number of alkyl halides is 3. The van der Waals surface area contributed by atoms with Crippen molar-refractivity contribution in [3.63, 3.8) is 0 Å². The zero-order valence-corrected chi connectivity index (χ0v) is 9.34. The molecular weight excluding hydrogens is 233 g/mol. The lowest BCUT2D eigenvalue weighted by atomic mass is 9.78. The molecule has 0 fully saturated rings. The van der Waals surface area contributed by atoms with Crippen LogP contribution in [0.5, 0.6) is 5.75 Å². The Hall–Kier alpha value is -1.23. The van der Waals surface area contributed by atoms with Crippen LogP contribution in [0.25, 0.3) is 0 Å². The number of benzene rings is 1. The number of fused-ring (bicyclic) bond motifs is 1. The maximum Gasteiger partial charge on any atom is 0.421 e. The molecule has 2 nitrogen and oxygen atoms in total. The second-order valence-electron chi connectivity index (χ2n) is 4.19. The van der Waals surface area contributed by atoms with Crippen LogP contribution in [0, 0.1) is 0 Å². The van der Waals surface area contributed by atoms with Crippen molar-refractivity contribution >= 4 is 0 Å². The van der Waals surface area contributed by atoms with E-state index >= 15 is 0 Å². The summed E-state index contributed by atoms with van der Waals surface area (Å²) in [5, 5.41) is 9.63. The van der Waals surface area contributed by atoms with Crippen molar-refractivity contribution in [3.05, 3.63) is 29.3 Å². The Balaban J connectivity index is 2.64. The molecule has 1 aromatic carbocycles. The smallest absolute Gasteiger partial charge is 0.421 e. The van der Waals surface area contributed by atoms with Crippen LogP contribution in [0.15, 0.2) is 18.2 Å². The summed E-state index contributed by atoms with van der Waals surface area (Å²) in [5.74, 6) is -0.0899. The second kappa shape index (κ2) is 3.91. The molecule has 1 aliphatic carbocycles. The van der Waals surface area contributed by atoms with E-state index < -0.39 is 11.8 Å². The number of hydrogen-bond acceptors (Lipinski definition) is 2. The van der Waals surface area contributed by atoms with E-state index in [1.165, 1.54) is 18.2 Å². The third-order valence-corrected chi connectivity index (χ3v) is 3.35. The number of methoxy groups -OCH3 is 1. The zero-order chi connectivity index (χ0) is 12.7. The topological polar surface area (TPSA) is 29.5 Å². The zero-order valence-electron chi connectivity index (χ0n) is 9.34. The van der Waals surface area contributed by atoms with Gasteiger partial charge in [0, 0.05) is 12.7 Å². The van der Waals surface area contributed by atoms with Gasteiger partial charge in [0.25, 0.3) is 0 Å². The molecule has 0 aliphatic heterocycles. The fraction of sp³-hybridized carbons (Fsp3) is 0.500. The van der Waals surface area contributed by atoms with Crippen molar-refractivity contribution in [1.82, 2.24) is 0 Å². The van der Waals surface area contributed by atoms with Gasteiger partial charge in [-0.25, -0.2) is 0 Å². The molecule has 94 valence electrons. The molecule has 1 aliphatic rings. The van der Waals surface area contributed by atoms with Crippen LogP contribution in [0.2, 0.25) is 0 Å². The molecule has 1 unspecified atom stereocenters. The van der Waals surface area contributed by atoms with E-state index in [1.807, 2.05) is 0 Å². The van der Waals surface area contributed by atoms with Crippen molar-refractivity contribution in [2.45, 2.75) is 31.0 Å². The molecule has 5 heteroatoms. The summed E-state index contributed by atoms with van der Waals surface area (Å²) in [5.41, 5.74) is -1.89. The SMILES string of the molecule is COC1(C(F)(F)F)CCCc2c(O)cccc21. The second-order valence-corrected chi connectivity index (χ2v) is 4.19. The highest BCUT2D eigenvalue weighted by atomic mass is 19.4. The van der Waals surface area contributed by atoms with Gasteiger partial charge in [0.2, 0.25) is 0 Å². The van der Waals surface area contributed by atoms with Gasteiger partial charge in [-0.15, -0.1) is 0 Å². The van der Waals surface area contributed by atoms with Crippen LogP contribution in [-0.2, 0) is 16.8 Å². The van der Waals surface area contributed by atoms with E-state index in [2.05, 4.69) is 0 Å². The Morgan fingerprint density at radius 2 is 2.06 bits per heavy atom. The van der Waals surface area contributed by atoms with Gasteiger partial charge >= 0.3 is 6.18 Å². The first kappa shape index (κ1) is 12.2. The van der Waals surface area contributed by atoms with Crippen molar-refractivity contribution < 1.29 is 23.0 Å². The van der Waals surface area contributed by atoms with Gasteiger partial charge in [-0.05, 0) is 30.9 Å². The van der Waals surface area contributed by atoms with E-state index in [1.54, 1.807) is 0 Å². The number of ether oxygens (including phenoxy) is 1. The fourth-order valence-electron chi connectivity index (χ4n) is 2.49. The molecule has 0 radical (unpaired) electrons. The molecule has 0 bridgehead atoms. The van der Waals surface area contributed by atoms with Gasteiger partial charge in [-0.2, -0.15) is 13.2 Å². The van der Waals surface area contributed by atoms with Crippen LogP contribution < -0.4 is 0 Å². The predicted molar refractivity (Wildman–Crippen MR) is 55.8 cm³/mol. The lowest BCUT2D eigenvalue weighted by Gasteiger charge is -2.39. The van der Waals surface area contributed by atoms with Crippen LogP contribution in [0.1, 0.15) is 24.0 Å². The van der Waals surface area contributed by atoms with Crippen LogP contribution in [0.4, 0.5) is 13.2 Å². The average Bonchev–Trinajstić information content (AvgIpc) is 2.27. The minimum atomic E-state index is -4.48. The molecule has 1 atom stereocenters. The van der Waals surface area contributed by atoms with Crippen molar-refractivity contribution in [1.29, 1.82) is 0 Å². The molecule has 0 amide bonds. The highest BCUT2D eigenvalue weighted by Gasteiger charge is 2.58. The summed E-state index contributed by atoms with van der Waals surface area (Å²) >= 11 is 0. The Kier molecular flexibility index (Phi) is 2.81. The van der Waals surface area contributed by atoms with Gasteiger partial charge in [0.05, 0.1) is 0 Å². The minimum absolute atomic E-state index is 0.0405. The van der Waals surface area contributed by atoms with Crippen molar-refractivity contribution in [2.75, 3.05) is 7.11 Å². The van der Waals surface area contributed by atoms with Gasteiger partial charge in [-0.3, -0.25) is 0 Å². The fourth-order valence-corrected chi connectivity index (χ4v) is 2.49. The quantitative estimate of drug-likeness (QED) is 0.824. The van der Waals surface area contributed by atoms with Crippen LogP contribution in [0.3, 0.4) is 0 Å². The van der Waals surface area contributed by atoms with Crippen molar-refractivity contribution in [2.24, 2.45) is 0 Å². The molecular formula is C12H13F3O2. The number of aromatic hydroxyl groups is 1. The summed E-state index contributed by atoms with van der Waals surface area (Å²) in [6, 6.07) is 4.20. The Labute approximate surface area is 97.0 Å². The summed E-state index contributed by atoms with van der Waals surface area (Å²) in [7, 11) is 1.06. The molecule has 1 N–H and O–H groups in total. The predicted octanol–water partition coefficient (Wildman–Crippen LogP) is 3.13. The lowest BCUT2D eigenvalue weighted by molar-refractivity contribution is -0.281. The monoisotopic (exact) mass is 246 g/mol. The molecule has 1 aromatic rings. The summed E-state index contributed by atoms with van der Waals surface area (Å²) in [6.45, 7) is 0. The summed E-state index contributed by atoms with van der Waals surface area (Å²) in [4.78, 5) is 0. The lowest BCUT2D eigenvalue weighted by Crippen LogP contribution is -2.46. The maximum atomic E-state index is 13.2. The highest BCUT2D eigenvalue weighted by Crippen LogP contribution is 2.50. The molecule has 0 spiro atoms. The number of hydrogen-bond donors (Lipinski definition) is 1. The molecule has 0 saturated carbocycles. The maximum absolute atomic E-state index is 13.2.